The van der Waals surface area contributed by atoms with Crippen LogP contribution >= 0.6 is 11.6 Å². The van der Waals surface area contributed by atoms with Crippen LogP contribution in [0.15, 0.2) is 30.5 Å². The molecule has 0 saturated carbocycles. The van der Waals surface area contributed by atoms with E-state index in [1.165, 1.54) is 18.2 Å². The van der Waals surface area contributed by atoms with E-state index in [-0.39, 0.29) is 11.3 Å². The number of aryl methyl sites for hydroxylation is 1. The third-order valence-corrected chi connectivity index (χ3v) is 2.95. The Kier molecular flexibility index (Phi) is 4.06. The molecule has 1 N–H and O–H groups in total. The van der Waals surface area contributed by atoms with Crippen LogP contribution in [0.25, 0.3) is 0 Å². The molecule has 0 fully saturated rings. The smallest absolute Gasteiger partial charge is 0.339 e. The first kappa shape index (κ1) is 13.4. The maximum Gasteiger partial charge on any atom is 0.339 e. The summed E-state index contributed by atoms with van der Waals surface area (Å²) in [6, 6.07) is 6.36. The molecule has 0 radical (unpaired) electrons. The fraction of sp³-hybridized carbons (Fsp3) is 0.231. The Labute approximate surface area is 115 Å². The number of aromatic carboxylic acids is 1. The van der Waals surface area contributed by atoms with Gasteiger partial charge in [-0.15, -0.1) is 0 Å². The normalized spacial score (nSPS) is 10.4. The van der Waals surface area contributed by atoms with Crippen molar-refractivity contribution in [3.8, 4) is 5.75 Å². The maximum absolute atomic E-state index is 11.0. The number of carboxylic acid groups (broad SMARTS) is 1. The van der Waals surface area contributed by atoms with E-state index in [1.807, 2.05) is 13.1 Å². The molecule has 0 aliphatic carbocycles. The number of rotatable bonds is 5. The Morgan fingerprint density at radius 1 is 1.47 bits per heavy atom. The summed E-state index contributed by atoms with van der Waals surface area (Å²) in [6.07, 6.45) is 2.35. The molecule has 0 saturated heterocycles. The molecule has 0 bridgehead atoms. The Hall–Kier alpha value is -2.01. The number of halogens is 1. The van der Waals surface area contributed by atoms with Gasteiger partial charge in [-0.3, -0.25) is 4.68 Å². The molecule has 0 spiro atoms. The summed E-state index contributed by atoms with van der Waals surface area (Å²) in [5.41, 5.74) is 1.12. The molecule has 1 heterocycles. The molecule has 1 aromatic heterocycles. The van der Waals surface area contributed by atoms with Crippen molar-refractivity contribution in [2.24, 2.45) is 7.05 Å². The molecule has 0 unspecified atom stereocenters. The van der Waals surface area contributed by atoms with Gasteiger partial charge in [-0.25, -0.2) is 4.79 Å². The Balaban J connectivity index is 2.05. The third kappa shape index (κ3) is 3.26. The van der Waals surface area contributed by atoms with Crippen LogP contribution in [-0.2, 0) is 13.5 Å². The average molecular weight is 281 g/mol. The zero-order valence-corrected chi connectivity index (χ0v) is 11.1. The van der Waals surface area contributed by atoms with E-state index in [0.717, 1.165) is 5.69 Å². The van der Waals surface area contributed by atoms with Crippen LogP contribution in [0, 0.1) is 0 Å². The summed E-state index contributed by atoms with van der Waals surface area (Å²) in [6.45, 7) is 0.361. The molecule has 19 heavy (non-hydrogen) atoms. The van der Waals surface area contributed by atoms with E-state index in [4.69, 9.17) is 21.4 Å². The van der Waals surface area contributed by atoms with Crippen LogP contribution in [0.2, 0.25) is 5.02 Å². The lowest BCUT2D eigenvalue weighted by atomic mass is 10.2. The van der Waals surface area contributed by atoms with Gasteiger partial charge in [0, 0.05) is 30.4 Å². The van der Waals surface area contributed by atoms with Crippen LogP contribution in [0.3, 0.4) is 0 Å². The molecule has 100 valence electrons. The SMILES string of the molecule is Cn1nccc1CCOc1cc(Cl)ccc1C(=O)O. The van der Waals surface area contributed by atoms with Crippen LogP contribution in [-0.4, -0.2) is 27.5 Å². The molecule has 0 aliphatic rings. The van der Waals surface area contributed by atoms with Crippen LogP contribution in [0.1, 0.15) is 16.1 Å². The van der Waals surface area contributed by atoms with Gasteiger partial charge < -0.3 is 9.84 Å². The summed E-state index contributed by atoms with van der Waals surface area (Å²) in [7, 11) is 1.84. The topological polar surface area (TPSA) is 64.4 Å². The molecule has 0 aliphatic heterocycles. The molecule has 1 aromatic carbocycles. The summed E-state index contributed by atoms with van der Waals surface area (Å²) in [5.74, 6) is -0.755. The van der Waals surface area contributed by atoms with E-state index in [1.54, 1.807) is 10.9 Å². The molecule has 2 rings (SSSR count). The summed E-state index contributed by atoms with van der Waals surface area (Å²) in [5, 5.41) is 13.5. The molecule has 2 aromatic rings. The fourth-order valence-corrected chi connectivity index (χ4v) is 1.87. The number of ether oxygens (including phenoxy) is 1. The second-order valence-electron chi connectivity index (χ2n) is 3.99. The highest BCUT2D eigenvalue weighted by atomic mass is 35.5. The van der Waals surface area contributed by atoms with Crippen molar-refractivity contribution in [3.63, 3.8) is 0 Å². The van der Waals surface area contributed by atoms with E-state index in [9.17, 15) is 4.79 Å². The summed E-state index contributed by atoms with van der Waals surface area (Å²) >= 11 is 5.84. The van der Waals surface area contributed by atoms with Gasteiger partial charge in [0.05, 0.1) is 6.61 Å². The summed E-state index contributed by atoms with van der Waals surface area (Å²) < 4.78 is 7.25. The zero-order chi connectivity index (χ0) is 13.8. The lowest BCUT2D eigenvalue weighted by Crippen LogP contribution is -2.08. The van der Waals surface area contributed by atoms with Crippen molar-refractivity contribution in [3.05, 3.63) is 46.7 Å². The van der Waals surface area contributed by atoms with Crippen molar-refractivity contribution in [2.45, 2.75) is 6.42 Å². The number of carbonyl (C=O) groups is 1. The summed E-state index contributed by atoms with van der Waals surface area (Å²) in [4.78, 5) is 11.0. The number of aromatic nitrogens is 2. The highest BCUT2D eigenvalue weighted by Gasteiger charge is 2.12. The van der Waals surface area contributed by atoms with Gasteiger partial charge in [0.15, 0.2) is 0 Å². The predicted molar refractivity (Wildman–Crippen MR) is 70.8 cm³/mol. The molecule has 5 nitrogen and oxygen atoms in total. The van der Waals surface area contributed by atoms with Gasteiger partial charge >= 0.3 is 5.97 Å². The Morgan fingerprint density at radius 3 is 2.89 bits per heavy atom. The van der Waals surface area contributed by atoms with Crippen molar-refractivity contribution < 1.29 is 14.6 Å². The van der Waals surface area contributed by atoms with Crippen molar-refractivity contribution in [1.29, 1.82) is 0 Å². The highest BCUT2D eigenvalue weighted by Crippen LogP contribution is 2.23. The minimum atomic E-state index is -1.03. The Bertz CT molecular complexity index is 595. The number of hydrogen-bond acceptors (Lipinski definition) is 3. The minimum absolute atomic E-state index is 0.106. The Morgan fingerprint density at radius 2 is 2.26 bits per heavy atom. The second-order valence-corrected chi connectivity index (χ2v) is 4.43. The van der Waals surface area contributed by atoms with Gasteiger partial charge in [-0.2, -0.15) is 5.10 Å². The van der Waals surface area contributed by atoms with E-state index in [2.05, 4.69) is 5.10 Å². The fourth-order valence-electron chi connectivity index (χ4n) is 1.70. The first-order chi connectivity index (χ1) is 9.08. The number of benzene rings is 1. The molecular weight excluding hydrogens is 268 g/mol. The number of carboxylic acids is 1. The highest BCUT2D eigenvalue weighted by molar-refractivity contribution is 6.30. The quantitative estimate of drug-likeness (QED) is 0.913. The largest absolute Gasteiger partial charge is 0.492 e. The lowest BCUT2D eigenvalue weighted by molar-refractivity contribution is 0.0692. The van der Waals surface area contributed by atoms with Gasteiger partial charge in [-0.05, 0) is 24.3 Å². The third-order valence-electron chi connectivity index (χ3n) is 2.71. The molecule has 6 heteroatoms. The van der Waals surface area contributed by atoms with Gasteiger partial charge in [-0.1, -0.05) is 11.6 Å². The number of hydrogen-bond donors (Lipinski definition) is 1. The van der Waals surface area contributed by atoms with Crippen molar-refractivity contribution in [2.75, 3.05) is 6.61 Å². The minimum Gasteiger partial charge on any atom is -0.492 e. The monoisotopic (exact) mass is 280 g/mol. The van der Waals surface area contributed by atoms with Crippen LogP contribution < -0.4 is 4.74 Å². The molecule has 0 amide bonds. The van der Waals surface area contributed by atoms with Crippen molar-refractivity contribution >= 4 is 17.6 Å². The van der Waals surface area contributed by atoms with Crippen LogP contribution in [0.5, 0.6) is 5.75 Å². The number of nitrogens with zero attached hydrogens (tertiary/aromatic N) is 2. The molecular formula is C13H13ClN2O3. The van der Waals surface area contributed by atoms with E-state index < -0.39 is 5.97 Å². The first-order valence-electron chi connectivity index (χ1n) is 5.70. The maximum atomic E-state index is 11.0. The lowest BCUT2D eigenvalue weighted by Gasteiger charge is -2.09. The average Bonchev–Trinajstić information content (AvgIpc) is 2.75. The van der Waals surface area contributed by atoms with Gasteiger partial charge in [0.25, 0.3) is 0 Å². The second kappa shape index (κ2) is 5.75. The van der Waals surface area contributed by atoms with E-state index in [0.29, 0.717) is 18.1 Å². The van der Waals surface area contributed by atoms with Gasteiger partial charge in [0.1, 0.15) is 11.3 Å². The van der Waals surface area contributed by atoms with Crippen molar-refractivity contribution in [1.82, 2.24) is 9.78 Å². The van der Waals surface area contributed by atoms with Gasteiger partial charge in [0.2, 0.25) is 0 Å². The standard InChI is InChI=1S/C13H13ClN2O3/c1-16-10(4-6-15-16)5-7-19-12-8-9(14)2-3-11(12)13(17)18/h2-4,6,8H,5,7H2,1H3,(H,17,18). The van der Waals surface area contributed by atoms with E-state index >= 15 is 0 Å². The van der Waals surface area contributed by atoms with Crippen LogP contribution in [0.4, 0.5) is 0 Å². The first-order valence-corrected chi connectivity index (χ1v) is 6.08. The predicted octanol–water partition coefficient (Wildman–Crippen LogP) is 2.39. The zero-order valence-electron chi connectivity index (χ0n) is 10.3. The molecule has 0 atom stereocenters.